The average molecular weight is 367 g/mol. The Morgan fingerprint density at radius 3 is 2.61 bits per heavy atom. The number of amides is 1. The molecule has 0 spiro atoms. The zero-order valence-electron chi connectivity index (χ0n) is 11.9. The molecule has 4 nitrogen and oxygen atoms in total. The van der Waals surface area contributed by atoms with Crippen molar-refractivity contribution >= 4 is 46.6 Å². The maximum Gasteiger partial charge on any atom is 0.262 e. The van der Waals surface area contributed by atoms with E-state index in [9.17, 15) is 4.79 Å². The Labute approximate surface area is 148 Å². The zero-order chi connectivity index (χ0) is 16.7. The molecule has 23 heavy (non-hydrogen) atoms. The first-order valence-electron chi connectivity index (χ1n) is 6.56. The minimum absolute atomic E-state index is 0.173. The van der Waals surface area contributed by atoms with Crippen LogP contribution in [0.4, 0.5) is 5.69 Å². The normalized spacial score (nSPS) is 9.96. The molecule has 0 bridgehead atoms. The van der Waals surface area contributed by atoms with Crippen LogP contribution in [-0.4, -0.2) is 18.3 Å². The van der Waals surface area contributed by atoms with Crippen molar-refractivity contribution in [1.82, 2.24) is 0 Å². The first-order valence-corrected chi connectivity index (χ1v) is 8.30. The smallest absolute Gasteiger partial charge is 0.262 e. The predicted molar refractivity (Wildman–Crippen MR) is 93.4 cm³/mol. The second kappa shape index (κ2) is 8.68. The molecule has 0 aliphatic carbocycles. The van der Waals surface area contributed by atoms with E-state index in [1.807, 2.05) is 18.2 Å². The second-order valence-corrected chi connectivity index (χ2v) is 6.27. The number of nitrogens with one attached hydrogen (secondary N) is 1. The van der Waals surface area contributed by atoms with Crippen LogP contribution >= 0.6 is 35.0 Å². The molecule has 7 heteroatoms. The summed E-state index contributed by atoms with van der Waals surface area (Å²) in [5.41, 5.74) is 0.644. The Hall–Kier alpha value is -1.87. The van der Waals surface area contributed by atoms with Gasteiger partial charge in [0.1, 0.15) is 5.75 Å². The van der Waals surface area contributed by atoms with Crippen LogP contribution in [0.1, 0.15) is 0 Å². The van der Waals surface area contributed by atoms with Gasteiger partial charge in [-0.2, -0.15) is 5.26 Å². The molecule has 118 valence electrons. The lowest BCUT2D eigenvalue weighted by atomic mass is 10.3. The molecule has 0 saturated heterocycles. The molecule has 0 unspecified atom stereocenters. The summed E-state index contributed by atoms with van der Waals surface area (Å²) in [6.07, 6.45) is 0. The SMILES string of the molecule is N#CCSc1ccccc1NC(=O)COc1cc(Cl)cc(Cl)c1. The third-order valence-electron chi connectivity index (χ3n) is 2.66. The summed E-state index contributed by atoms with van der Waals surface area (Å²) in [7, 11) is 0. The fourth-order valence-corrected chi connectivity index (χ4v) is 2.93. The van der Waals surface area contributed by atoms with Crippen molar-refractivity contribution < 1.29 is 9.53 Å². The quantitative estimate of drug-likeness (QED) is 0.757. The maximum atomic E-state index is 12.0. The first-order chi connectivity index (χ1) is 11.1. The van der Waals surface area contributed by atoms with Gasteiger partial charge in [0.25, 0.3) is 5.91 Å². The number of rotatable bonds is 6. The van der Waals surface area contributed by atoms with Gasteiger partial charge in [-0.1, -0.05) is 35.3 Å². The summed E-state index contributed by atoms with van der Waals surface area (Å²) >= 11 is 13.1. The lowest BCUT2D eigenvalue weighted by Crippen LogP contribution is -2.20. The van der Waals surface area contributed by atoms with E-state index in [1.54, 1.807) is 24.3 Å². The number of nitrogens with zero attached hydrogens (tertiary/aromatic N) is 1. The molecule has 0 heterocycles. The molecule has 0 atom stereocenters. The van der Waals surface area contributed by atoms with Gasteiger partial charge in [0.2, 0.25) is 0 Å². The molecule has 0 radical (unpaired) electrons. The maximum absolute atomic E-state index is 12.0. The van der Waals surface area contributed by atoms with Crippen molar-refractivity contribution in [1.29, 1.82) is 5.26 Å². The average Bonchev–Trinajstić information content (AvgIpc) is 2.51. The van der Waals surface area contributed by atoms with Crippen LogP contribution in [0.3, 0.4) is 0 Å². The summed E-state index contributed by atoms with van der Waals surface area (Å²) in [6, 6.07) is 14.1. The van der Waals surface area contributed by atoms with Crippen LogP contribution in [0.25, 0.3) is 0 Å². The third kappa shape index (κ3) is 5.68. The molecule has 0 saturated carbocycles. The minimum Gasteiger partial charge on any atom is -0.484 e. The van der Waals surface area contributed by atoms with Crippen molar-refractivity contribution in [3.05, 3.63) is 52.5 Å². The lowest BCUT2D eigenvalue weighted by Gasteiger charge is -2.11. The summed E-state index contributed by atoms with van der Waals surface area (Å²) in [5.74, 6) is 0.417. The standard InChI is InChI=1S/C16H12Cl2N2O2S/c17-11-7-12(18)9-13(8-11)22-10-16(21)20-14-3-1-2-4-15(14)23-6-5-19/h1-4,7-9H,6,10H2,(H,20,21). The number of nitriles is 1. The molecule has 2 aromatic carbocycles. The Balaban J connectivity index is 1.96. The van der Waals surface area contributed by atoms with E-state index in [-0.39, 0.29) is 12.5 Å². The molecular formula is C16H12Cl2N2O2S. The predicted octanol–water partition coefficient (Wildman–Crippen LogP) is 4.63. The van der Waals surface area contributed by atoms with E-state index >= 15 is 0 Å². The summed E-state index contributed by atoms with van der Waals surface area (Å²) in [5, 5.41) is 12.3. The van der Waals surface area contributed by atoms with E-state index in [0.717, 1.165) is 4.90 Å². The molecule has 0 aromatic heterocycles. The Bertz CT molecular complexity index is 727. The van der Waals surface area contributed by atoms with Gasteiger partial charge in [-0.15, -0.1) is 11.8 Å². The molecule has 2 rings (SSSR count). The molecular weight excluding hydrogens is 355 g/mol. The van der Waals surface area contributed by atoms with E-state index in [4.69, 9.17) is 33.2 Å². The molecule has 2 aromatic rings. The van der Waals surface area contributed by atoms with Crippen molar-refractivity contribution in [2.75, 3.05) is 17.7 Å². The number of carbonyl (C=O) groups is 1. The number of carbonyl (C=O) groups excluding carboxylic acids is 1. The monoisotopic (exact) mass is 366 g/mol. The van der Waals surface area contributed by atoms with Gasteiger partial charge in [0.15, 0.2) is 6.61 Å². The van der Waals surface area contributed by atoms with Crippen LogP contribution in [-0.2, 0) is 4.79 Å². The van der Waals surface area contributed by atoms with Gasteiger partial charge >= 0.3 is 0 Å². The zero-order valence-corrected chi connectivity index (χ0v) is 14.2. The highest BCUT2D eigenvalue weighted by Gasteiger charge is 2.08. The van der Waals surface area contributed by atoms with Crippen LogP contribution in [0.5, 0.6) is 5.75 Å². The largest absolute Gasteiger partial charge is 0.484 e. The van der Waals surface area contributed by atoms with E-state index in [2.05, 4.69) is 11.4 Å². The highest BCUT2D eigenvalue weighted by Crippen LogP contribution is 2.27. The van der Waals surface area contributed by atoms with E-state index < -0.39 is 0 Å². The fourth-order valence-electron chi connectivity index (χ4n) is 1.75. The third-order valence-corrected chi connectivity index (χ3v) is 4.04. The number of hydrogen-bond acceptors (Lipinski definition) is 4. The van der Waals surface area contributed by atoms with Gasteiger partial charge in [-0.3, -0.25) is 4.79 Å². The molecule has 1 N–H and O–H groups in total. The van der Waals surface area contributed by atoms with Gasteiger partial charge in [0.05, 0.1) is 17.5 Å². The summed E-state index contributed by atoms with van der Waals surface area (Å²) < 4.78 is 5.38. The number of benzene rings is 2. The summed E-state index contributed by atoms with van der Waals surface area (Å²) in [6.45, 7) is -0.173. The summed E-state index contributed by atoms with van der Waals surface area (Å²) in [4.78, 5) is 12.8. The number of para-hydroxylation sites is 1. The van der Waals surface area contributed by atoms with E-state index in [0.29, 0.717) is 27.2 Å². The minimum atomic E-state index is -0.314. The highest BCUT2D eigenvalue weighted by atomic mass is 35.5. The Morgan fingerprint density at radius 2 is 1.91 bits per heavy atom. The van der Waals surface area contributed by atoms with Crippen molar-refractivity contribution in [2.45, 2.75) is 4.90 Å². The number of hydrogen-bond donors (Lipinski definition) is 1. The number of halogens is 2. The molecule has 0 fully saturated rings. The number of anilines is 1. The molecule has 0 aliphatic rings. The van der Waals surface area contributed by atoms with Gasteiger partial charge in [-0.25, -0.2) is 0 Å². The fraction of sp³-hybridized carbons (Fsp3) is 0.125. The number of ether oxygens (including phenoxy) is 1. The van der Waals surface area contributed by atoms with Crippen molar-refractivity contribution in [3.8, 4) is 11.8 Å². The Morgan fingerprint density at radius 1 is 1.22 bits per heavy atom. The van der Waals surface area contributed by atoms with Crippen molar-refractivity contribution in [2.24, 2.45) is 0 Å². The van der Waals surface area contributed by atoms with E-state index in [1.165, 1.54) is 11.8 Å². The van der Waals surface area contributed by atoms with Crippen LogP contribution in [0.2, 0.25) is 10.0 Å². The first kappa shape index (κ1) is 17.5. The number of thioether (sulfide) groups is 1. The Kier molecular flexibility index (Phi) is 6.60. The van der Waals surface area contributed by atoms with Crippen LogP contribution < -0.4 is 10.1 Å². The van der Waals surface area contributed by atoms with Gasteiger partial charge < -0.3 is 10.1 Å². The molecule has 1 amide bonds. The molecule has 0 aliphatic heterocycles. The topological polar surface area (TPSA) is 62.1 Å². The van der Waals surface area contributed by atoms with Crippen LogP contribution in [0, 0.1) is 11.3 Å². The second-order valence-electron chi connectivity index (χ2n) is 4.38. The van der Waals surface area contributed by atoms with Crippen molar-refractivity contribution in [3.63, 3.8) is 0 Å². The van der Waals surface area contributed by atoms with Gasteiger partial charge in [-0.05, 0) is 30.3 Å². The highest BCUT2D eigenvalue weighted by molar-refractivity contribution is 7.99. The van der Waals surface area contributed by atoms with Crippen LogP contribution in [0.15, 0.2) is 47.4 Å². The lowest BCUT2D eigenvalue weighted by molar-refractivity contribution is -0.118. The van der Waals surface area contributed by atoms with Gasteiger partial charge in [0, 0.05) is 14.9 Å².